The SMILES string of the molecule is O=C(CC1(N2CCOCC2)CCCC1)NCc1cn2ccccc2n1. The van der Waals surface area contributed by atoms with Crippen LogP contribution in [0.4, 0.5) is 0 Å². The Hall–Kier alpha value is -1.92. The van der Waals surface area contributed by atoms with Crippen LogP contribution in [0.5, 0.6) is 0 Å². The molecule has 6 heteroatoms. The molecule has 4 rings (SSSR count). The summed E-state index contributed by atoms with van der Waals surface area (Å²) in [6.45, 7) is 3.94. The molecule has 2 aliphatic rings. The number of pyridine rings is 1. The van der Waals surface area contributed by atoms with Gasteiger partial charge in [0.15, 0.2) is 0 Å². The van der Waals surface area contributed by atoms with Gasteiger partial charge in [-0.3, -0.25) is 9.69 Å². The van der Waals surface area contributed by atoms with Gasteiger partial charge in [0.1, 0.15) is 5.65 Å². The topological polar surface area (TPSA) is 58.9 Å². The maximum absolute atomic E-state index is 12.6. The molecule has 1 aliphatic carbocycles. The van der Waals surface area contributed by atoms with Crippen molar-refractivity contribution in [1.29, 1.82) is 0 Å². The van der Waals surface area contributed by atoms with Gasteiger partial charge in [-0.15, -0.1) is 0 Å². The van der Waals surface area contributed by atoms with E-state index in [4.69, 9.17) is 4.74 Å². The minimum absolute atomic E-state index is 0.0345. The molecule has 0 spiro atoms. The second-order valence-electron chi connectivity index (χ2n) is 7.18. The van der Waals surface area contributed by atoms with Crippen molar-refractivity contribution in [3.8, 4) is 0 Å². The largest absolute Gasteiger partial charge is 0.379 e. The van der Waals surface area contributed by atoms with Crippen LogP contribution in [0.15, 0.2) is 30.6 Å². The molecule has 0 radical (unpaired) electrons. The van der Waals surface area contributed by atoms with Gasteiger partial charge in [0.2, 0.25) is 5.91 Å². The minimum Gasteiger partial charge on any atom is -0.379 e. The fourth-order valence-corrected chi connectivity index (χ4v) is 4.30. The Morgan fingerprint density at radius 1 is 1.24 bits per heavy atom. The van der Waals surface area contributed by atoms with Gasteiger partial charge in [0.05, 0.1) is 25.5 Å². The van der Waals surface area contributed by atoms with Crippen LogP contribution in [0, 0.1) is 0 Å². The zero-order valence-corrected chi connectivity index (χ0v) is 14.6. The molecule has 0 aromatic carbocycles. The van der Waals surface area contributed by atoms with Crippen LogP contribution in [-0.4, -0.2) is 52.0 Å². The highest BCUT2D eigenvalue weighted by Gasteiger charge is 2.41. The Bertz CT molecular complexity index is 697. The van der Waals surface area contributed by atoms with Crippen LogP contribution in [0.2, 0.25) is 0 Å². The molecule has 1 aliphatic heterocycles. The number of nitrogens with zero attached hydrogens (tertiary/aromatic N) is 3. The average molecular weight is 342 g/mol. The molecule has 134 valence electrons. The van der Waals surface area contributed by atoms with E-state index in [2.05, 4.69) is 15.2 Å². The van der Waals surface area contributed by atoms with Crippen LogP contribution in [0.1, 0.15) is 37.8 Å². The monoisotopic (exact) mass is 342 g/mol. The molecule has 0 atom stereocenters. The van der Waals surface area contributed by atoms with E-state index in [-0.39, 0.29) is 11.4 Å². The summed E-state index contributed by atoms with van der Waals surface area (Å²) in [6, 6.07) is 5.91. The third kappa shape index (κ3) is 3.55. The fourth-order valence-electron chi connectivity index (χ4n) is 4.30. The normalized spacial score (nSPS) is 20.8. The second kappa shape index (κ2) is 7.14. The molecular weight excluding hydrogens is 316 g/mol. The highest BCUT2D eigenvalue weighted by atomic mass is 16.5. The Kier molecular flexibility index (Phi) is 4.72. The first-order chi connectivity index (χ1) is 12.3. The zero-order valence-electron chi connectivity index (χ0n) is 14.6. The van der Waals surface area contributed by atoms with Crippen molar-refractivity contribution in [2.75, 3.05) is 26.3 Å². The number of fused-ring (bicyclic) bond motifs is 1. The first-order valence-corrected chi connectivity index (χ1v) is 9.27. The number of carbonyl (C=O) groups is 1. The molecule has 2 fully saturated rings. The van der Waals surface area contributed by atoms with Gasteiger partial charge in [-0.25, -0.2) is 4.98 Å². The molecular formula is C19H26N4O2. The van der Waals surface area contributed by atoms with E-state index in [0.717, 1.165) is 50.5 Å². The summed E-state index contributed by atoms with van der Waals surface area (Å²) in [6.07, 6.45) is 9.21. The van der Waals surface area contributed by atoms with Crippen molar-refractivity contribution < 1.29 is 9.53 Å². The highest BCUT2D eigenvalue weighted by Crippen LogP contribution is 2.38. The van der Waals surface area contributed by atoms with Gasteiger partial charge >= 0.3 is 0 Å². The first kappa shape index (κ1) is 16.5. The Morgan fingerprint density at radius 3 is 2.80 bits per heavy atom. The molecule has 1 amide bonds. The van der Waals surface area contributed by atoms with Crippen molar-refractivity contribution in [1.82, 2.24) is 19.6 Å². The number of morpholine rings is 1. The molecule has 1 N–H and O–H groups in total. The molecule has 25 heavy (non-hydrogen) atoms. The lowest BCUT2D eigenvalue weighted by Crippen LogP contribution is -2.53. The lowest BCUT2D eigenvalue weighted by Gasteiger charge is -2.43. The molecule has 6 nitrogen and oxygen atoms in total. The standard InChI is InChI=1S/C19H26N4O2/c24-18(20-14-16-15-22-8-4-1-5-17(22)21-16)13-19(6-2-3-7-19)23-9-11-25-12-10-23/h1,4-5,8,15H,2-3,6-7,9-14H2,(H,20,24). The van der Waals surface area contributed by atoms with Gasteiger partial charge in [-0.1, -0.05) is 18.9 Å². The molecule has 1 saturated heterocycles. The molecule has 0 unspecified atom stereocenters. The van der Waals surface area contributed by atoms with Crippen molar-refractivity contribution in [2.24, 2.45) is 0 Å². The van der Waals surface area contributed by atoms with Crippen LogP contribution < -0.4 is 5.32 Å². The number of ether oxygens (including phenoxy) is 1. The van der Waals surface area contributed by atoms with E-state index in [1.807, 2.05) is 35.0 Å². The van der Waals surface area contributed by atoms with E-state index < -0.39 is 0 Å². The van der Waals surface area contributed by atoms with Crippen molar-refractivity contribution >= 4 is 11.6 Å². The van der Waals surface area contributed by atoms with Gasteiger partial charge in [-0.2, -0.15) is 0 Å². The number of carbonyl (C=O) groups excluding carboxylic acids is 1. The zero-order chi connectivity index (χ0) is 17.1. The van der Waals surface area contributed by atoms with Crippen LogP contribution in [0.25, 0.3) is 5.65 Å². The van der Waals surface area contributed by atoms with Crippen LogP contribution in [-0.2, 0) is 16.1 Å². The highest BCUT2D eigenvalue weighted by molar-refractivity contribution is 5.77. The van der Waals surface area contributed by atoms with Crippen LogP contribution >= 0.6 is 0 Å². The minimum atomic E-state index is 0.0345. The summed E-state index contributed by atoms with van der Waals surface area (Å²) in [7, 11) is 0. The Labute approximate surface area is 148 Å². The van der Waals surface area contributed by atoms with E-state index in [9.17, 15) is 4.79 Å². The number of aromatic nitrogens is 2. The lowest BCUT2D eigenvalue weighted by molar-refractivity contribution is -0.125. The summed E-state index contributed by atoms with van der Waals surface area (Å²) in [5.41, 5.74) is 1.84. The molecule has 1 saturated carbocycles. The number of rotatable bonds is 5. The van der Waals surface area contributed by atoms with E-state index in [1.165, 1.54) is 12.8 Å². The van der Waals surface area contributed by atoms with Gasteiger partial charge in [0.25, 0.3) is 0 Å². The third-order valence-corrected chi connectivity index (χ3v) is 5.59. The quantitative estimate of drug-likeness (QED) is 0.903. The number of nitrogens with one attached hydrogen (secondary N) is 1. The molecule has 0 bridgehead atoms. The predicted molar refractivity (Wildman–Crippen MR) is 95.2 cm³/mol. The maximum Gasteiger partial charge on any atom is 0.222 e. The molecule has 2 aromatic rings. The summed E-state index contributed by atoms with van der Waals surface area (Å²) in [4.78, 5) is 19.7. The lowest BCUT2D eigenvalue weighted by atomic mass is 9.90. The number of amides is 1. The van der Waals surface area contributed by atoms with Gasteiger partial charge in [-0.05, 0) is 25.0 Å². The summed E-state index contributed by atoms with van der Waals surface area (Å²) in [5.74, 6) is 0.130. The van der Waals surface area contributed by atoms with Gasteiger partial charge < -0.3 is 14.5 Å². The molecule has 2 aromatic heterocycles. The van der Waals surface area contributed by atoms with Gasteiger partial charge in [0, 0.05) is 37.4 Å². The van der Waals surface area contributed by atoms with E-state index >= 15 is 0 Å². The number of hydrogen-bond donors (Lipinski definition) is 1. The van der Waals surface area contributed by atoms with Crippen LogP contribution in [0.3, 0.4) is 0 Å². The number of imidazole rings is 1. The fraction of sp³-hybridized carbons (Fsp3) is 0.579. The van der Waals surface area contributed by atoms with E-state index in [1.54, 1.807) is 0 Å². The molecule has 3 heterocycles. The Balaban J connectivity index is 1.38. The summed E-state index contributed by atoms with van der Waals surface area (Å²) < 4.78 is 7.47. The third-order valence-electron chi connectivity index (χ3n) is 5.59. The van der Waals surface area contributed by atoms with Crippen molar-refractivity contribution in [3.63, 3.8) is 0 Å². The smallest absolute Gasteiger partial charge is 0.222 e. The Morgan fingerprint density at radius 2 is 2.04 bits per heavy atom. The predicted octanol–water partition coefficient (Wildman–Crippen LogP) is 1.99. The average Bonchev–Trinajstić information content (AvgIpc) is 3.28. The van der Waals surface area contributed by atoms with Crippen molar-refractivity contribution in [2.45, 2.75) is 44.2 Å². The summed E-state index contributed by atoms with van der Waals surface area (Å²) in [5, 5.41) is 3.08. The first-order valence-electron chi connectivity index (χ1n) is 9.27. The summed E-state index contributed by atoms with van der Waals surface area (Å²) >= 11 is 0. The van der Waals surface area contributed by atoms with E-state index in [0.29, 0.717) is 13.0 Å². The van der Waals surface area contributed by atoms with Crippen molar-refractivity contribution in [3.05, 3.63) is 36.3 Å². The number of hydrogen-bond acceptors (Lipinski definition) is 4. The maximum atomic E-state index is 12.6. The second-order valence-corrected chi connectivity index (χ2v) is 7.18.